The minimum absolute atomic E-state index is 0.105. The Balaban J connectivity index is 2.16. The number of hydrogen-bond donors (Lipinski definition) is 0. The zero-order chi connectivity index (χ0) is 17.4. The van der Waals surface area contributed by atoms with Crippen LogP contribution in [0.2, 0.25) is 0 Å². The van der Waals surface area contributed by atoms with Gasteiger partial charge in [0.1, 0.15) is 0 Å². The van der Waals surface area contributed by atoms with E-state index in [1.54, 1.807) is 24.3 Å². The van der Waals surface area contributed by atoms with Crippen molar-refractivity contribution in [3.8, 4) is 0 Å². The van der Waals surface area contributed by atoms with Gasteiger partial charge in [0.2, 0.25) is 0 Å². The maximum absolute atomic E-state index is 11.4. The molecule has 0 heterocycles. The van der Waals surface area contributed by atoms with Crippen LogP contribution in [0.5, 0.6) is 0 Å². The summed E-state index contributed by atoms with van der Waals surface area (Å²) < 4.78 is 1.61. The highest BCUT2D eigenvalue weighted by Gasteiger charge is 2.22. The number of rotatable bonds is 2. The van der Waals surface area contributed by atoms with E-state index >= 15 is 0 Å². The Labute approximate surface area is 154 Å². The average Bonchev–Trinajstić information content (AvgIpc) is 2.50. The molecule has 6 nitrogen and oxygen atoms in total. The summed E-state index contributed by atoms with van der Waals surface area (Å²) in [4.78, 5) is 22.0. The van der Waals surface area contributed by atoms with E-state index in [0.29, 0.717) is 36.8 Å². The average molecular weight is 456 g/mol. The van der Waals surface area contributed by atoms with Gasteiger partial charge in [0.25, 0.3) is 11.4 Å². The van der Waals surface area contributed by atoms with Crippen LogP contribution in [-0.4, -0.2) is 9.85 Å². The van der Waals surface area contributed by atoms with E-state index in [1.165, 1.54) is 0 Å². The van der Waals surface area contributed by atoms with Crippen LogP contribution in [0.25, 0.3) is 0 Å². The molecule has 0 radical (unpaired) electrons. The molecule has 0 spiro atoms. The second kappa shape index (κ2) is 6.60. The lowest BCUT2D eigenvalue weighted by Crippen LogP contribution is -2.06. The molecule has 4 bridgehead atoms. The molecule has 0 aromatic heterocycles. The molecule has 0 unspecified atom stereocenters. The van der Waals surface area contributed by atoms with Crippen LogP contribution in [0.1, 0.15) is 22.3 Å². The number of hydrogen-bond acceptors (Lipinski definition) is 4. The molecule has 4 aliphatic rings. The fourth-order valence-electron chi connectivity index (χ4n) is 2.95. The number of nitro groups is 2. The lowest BCUT2D eigenvalue weighted by molar-refractivity contribution is -0.385. The first-order valence-corrected chi connectivity index (χ1v) is 8.87. The van der Waals surface area contributed by atoms with E-state index in [2.05, 4.69) is 31.9 Å². The number of nitrogens with zero attached hydrogens (tertiary/aromatic N) is 2. The van der Waals surface area contributed by atoms with Gasteiger partial charge in [-0.25, -0.2) is 0 Å². The summed E-state index contributed by atoms with van der Waals surface area (Å²) in [7, 11) is 0. The van der Waals surface area contributed by atoms with Crippen LogP contribution >= 0.6 is 31.9 Å². The zero-order valence-corrected chi connectivity index (χ0v) is 15.6. The Morgan fingerprint density at radius 2 is 1.00 bits per heavy atom. The minimum Gasteiger partial charge on any atom is -0.258 e. The zero-order valence-electron chi connectivity index (χ0n) is 12.4. The second-order valence-electron chi connectivity index (χ2n) is 5.66. The molecule has 0 fully saturated rings. The molecular formula is C16H12Br2N2O4. The van der Waals surface area contributed by atoms with E-state index in [-0.39, 0.29) is 21.2 Å². The molecule has 24 heavy (non-hydrogen) atoms. The molecule has 0 saturated heterocycles. The summed E-state index contributed by atoms with van der Waals surface area (Å²) in [6.45, 7) is 0. The lowest BCUT2D eigenvalue weighted by Gasteiger charge is -2.14. The van der Waals surface area contributed by atoms with Crippen LogP contribution in [0.15, 0.2) is 33.2 Å². The smallest absolute Gasteiger partial charge is 0.258 e. The van der Waals surface area contributed by atoms with Crippen molar-refractivity contribution >= 4 is 43.2 Å². The van der Waals surface area contributed by atoms with Gasteiger partial charge in [-0.1, -0.05) is 31.9 Å². The van der Waals surface area contributed by atoms with Gasteiger partial charge < -0.3 is 0 Å². The molecule has 8 heteroatoms. The summed E-state index contributed by atoms with van der Waals surface area (Å²) >= 11 is 6.94. The third-order valence-electron chi connectivity index (χ3n) is 4.22. The Morgan fingerprint density at radius 1 is 0.667 bits per heavy atom. The van der Waals surface area contributed by atoms with Crippen LogP contribution in [0.3, 0.4) is 0 Å². The first kappa shape index (κ1) is 17.0. The van der Waals surface area contributed by atoms with Gasteiger partial charge >= 0.3 is 0 Å². The molecule has 124 valence electrons. The van der Waals surface area contributed by atoms with E-state index in [1.807, 2.05) is 0 Å². The third kappa shape index (κ3) is 3.21. The van der Waals surface area contributed by atoms with E-state index in [0.717, 1.165) is 20.1 Å². The Morgan fingerprint density at radius 3 is 1.33 bits per heavy atom. The van der Waals surface area contributed by atoms with Gasteiger partial charge in [-0.3, -0.25) is 20.2 Å². The van der Waals surface area contributed by atoms with Crippen molar-refractivity contribution in [2.45, 2.75) is 25.7 Å². The summed E-state index contributed by atoms with van der Waals surface area (Å²) in [5, 5.41) is 22.7. The predicted octanol–water partition coefficient (Wildman–Crippen LogP) is 4.91. The van der Waals surface area contributed by atoms with Crippen molar-refractivity contribution in [1.29, 1.82) is 0 Å². The van der Waals surface area contributed by atoms with E-state index in [9.17, 15) is 20.2 Å². The van der Waals surface area contributed by atoms with Crippen molar-refractivity contribution in [2.75, 3.05) is 0 Å². The molecule has 0 N–H and O–H groups in total. The van der Waals surface area contributed by atoms with Crippen molar-refractivity contribution in [3.63, 3.8) is 0 Å². The largest absolute Gasteiger partial charge is 0.272 e. The fraction of sp³-hybridized carbons (Fsp3) is 0.250. The first-order chi connectivity index (χ1) is 11.4. The minimum atomic E-state index is -0.365. The second-order valence-corrected chi connectivity index (χ2v) is 7.37. The highest BCUT2D eigenvalue weighted by molar-refractivity contribution is 9.10. The third-order valence-corrected chi connectivity index (χ3v) is 5.69. The number of benzene rings is 2. The maximum Gasteiger partial charge on any atom is 0.272 e. The van der Waals surface area contributed by atoms with Gasteiger partial charge in [-0.05, 0) is 48.9 Å². The summed E-state index contributed by atoms with van der Waals surface area (Å²) in [6.07, 6.45) is 1.83. The molecular weight excluding hydrogens is 444 g/mol. The molecule has 0 atom stereocenters. The summed E-state index contributed by atoms with van der Waals surface area (Å²) in [6, 6.07) is 6.75. The van der Waals surface area contributed by atoms with E-state index in [4.69, 9.17) is 0 Å². The van der Waals surface area contributed by atoms with Crippen LogP contribution in [-0.2, 0) is 25.7 Å². The number of halogens is 2. The first-order valence-electron chi connectivity index (χ1n) is 7.28. The van der Waals surface area contributed by atoms with Gasteiger partial charge in [0.05, 0.1) is 9.85 Å². The quantitative estimate of drug-likeness (QED) is 0.475. The van der Waals surface area contributed by atoms with Gasteiger partial charge in [0.15, 0.2) is 0 Å². The van der Waals surface area contributed by atoms with Crippen LogP contribution in [0.4, 0.5) is 11.4 Å². The van der Waals surface area contributed by atoms with Crippen LogP contribution < -0.4 is 0 Å². The van der Waals surface area contributed by atoms with Gasteiger partial charge in [0, 0.05) is 32.2 Å². The Hall–Kier alpha value is -1.80. The normalized spacial score (nSPS) is 13.4. The topological polar surface area (TPSA) is 86.3 Å². The molecule has 6 rings (SSSR count). The predicted molar refractivity (Wildman–Crippen MR) is 96.4 cm³/mol. The molecule has 4 aliphatic carbocycles. The maximum atomic E-state index is 11.4. The van der Waals surface area contributed by atoms with Crippen LogP contribution in [0, 0.1) is 20.2 Å². The monoisotopic (exact) mass is 454 g/mol. The number of aryl methyl sites for hydroxylation is 4. The number of nitro benzene ring substituents is 2. The molecule has 0 aliphatic heterocycles. The summed E-state index contributed by atoms with van der Waals surface area (Å²) in [5.41, 5.74) is 3.01. The molecule has 0 saturated carbocycles. The van der Waals surface area contributed by atoms with Crippen molar-refractivity contribution < 1.29 is 9.85 Å². The molecule has 0 amide bonds. The van der Waals surface area contributed by atoms with Gasteiger partial charge in [-0.15, -0.1) is 0 Å². The van der Waals surface area contributed by atoms with E-state index < -0.39 is 0 Å². The Bertz CT molecular complexity index is 796. The van der Waals surface area contributed by atoms with Crippen molar-refractivity contribution in [3.05, 3.63) is 75.7 Å². The highest BCUT2D eigenvalue weighted by atomic mass is 79.9. The molecule has 2 aromatic carbocycles. The fourth-order valence-corrected chi connectivity index (χ4v) is 4.13. The van der Waals surface area contributed by atoms with Crippen molar-refractivity contribution in [2.24, 2.45) is 0 Å². The van der Waals surface area contributed by atoms with Gasteiger partial charge in [-0.2, -0.15) is 0 Å². The Kier molecular flexibility index (Phi) is 4.69. The SMILES string of the molecule is O=[N+]([O-])c1cc2c(Br)cc1CCc1cc([N+](=O)[O-])c(cc1Br)CC2. The standard InChI is InChI=1S/C16H12Br2N2O4/c17-13-6-12-4-2-10-8-16(20(23)24)11(5-14(10)18)3-1-9(13)7-15(12)19(21)22/h5-8H,1-4H2. The van der Waals surface area contributed by atoms with Crippen molar-refractivity contribution in [1.82, 2.24) is 0 Å². The lowest BCUT2D eigenvalue weighted by atomic mass is 9.94. The highest BCUT2D eigenvalue weighted by Crippen LogP contribution is 2.34. The molecule has 2 aromatic rings. The summed E-state index contributed by atoms with van der Waals surface area (Å²) in [5.74, 6) is 0.